The summed E-state index contributed by atoms with van der Waals surface area (Å²) in [5.74, 6) is 0.165. The molecule has 6 rings (SSSR count). The number of nitrogens with one attached hydrogen (secondary N) is 2. The van der Waals surface area contributed by atoms with E-state index < -0.39 is 0 Å². The minimum Gasteiger partial charge on any atom is -0.350 e. The Bertz CT molecular complexity index is 1660. The number of aromatic amines is 1. The number of aromatic nitrogens is 3. The van der Waals surface area contributed by atoms with E-state index in [-0.39, 0.29) is 17.4 Å². The molecule has 1 aliphatic rings. The predicted octanol–water partition coefficient (Wildman–Crippen LogP) is 5.18. The van der Waals surface area contributed by atoms with Crippen LogP contribution in [-0.4, -0.2) is 38.8 Å². The van der Waals surface area contributed by atoms with E-state index in [9.17, 15) is 9.59 Å². The SMILES string of the molecule is O=C(NCc1ccccn1)C1CCN(Cc2ccc(-c3nc4cc[nH]c(=O)c4cc3-c3ccccc3)cc2)CC1. The van der Waals surface area contributed by atoms with Gasteiger partial charge in [0.1, 0.15) is 0 Å². The van der Waals surface area contributed by atoms with Gasteiger partial charge >= 0.3 is 0 Å². The average molecular weight is 530 g/mol. The minimum absolute atomic E-state index is 0.0463. The summed E-state index contributed by atoms with van der Waals surface area (Å²) in [5.41, 5.74) is 6.45. The van der Waals surface area contributed by atoms with Gasteiger partial charge in [-0.25, -0.2) is 4.98 Å². The lowest BCUT2D eigenvalue weighted by Gasteiger charge is -2.31. The van der Waals surface area contributed by atoms with E-state index in [2.05, 4.69) is 44.5 Å². The van der Waals surface area contributed by atoms with Crippen molar-refractivity contribution in [2.75, 3.05) is 13.1 Å². The molecule has 1 amide bonds. The molecule has 1 fully saturated rings. The van der Waals surface area contributed by atoms with Gasteiger partial charge in [0.25, 0.3) is 5.56 Å². The molecular formula is C33H31N5O2. The molecule has 7 heteroatoms. The molecule has 2 aromatic carbocycles. The van der Waals surface area contributed by atoms with Gasteiger partial charge < -0.3 is 10.3 Å². The summed E-state index contributed by atoms with van der Waals surface area (Å²) in [4.78, 5) is 39.5. The second-order valence-corrected chi connectivity index (χ2v) is 10.3. The molecule has 5 aromatic rings. The van der Waals surface area contributed by atoms with Crippen molar-refractivity contribution in [2.45, 2.75) is 25.9 Å². The molecule has 2 N–H and O–H groups in total. The first-order chi connectivity index (χ1) is 19.6. The highest BCUT2D eigenvalue weighted by molar-refractivity contribution is 5.91. The molecule has 0 unspecified atom stereocenters. The van der Waals surface area contributed by atoms with Crippen molar-refractivity contribution in [3.63, 3.8) is 0 Å². The molecule has 200 valence electrons. The quantitative estimate of drug-likeness (QED) is 0.303. The van der Waals surface area contributed by atoms with E-state index in [0.717, 1.165) is 60.6 Å². The van der Waals surface area contributed by atoms with Gasteiger partial charge in [0.05, 0.1) is 28.8 Å². The number of carbonyl (C=O) groups excluding carboxylic acids is 1. The lowest BCUT2D eigenvalue weighted by molar-refractivity contribution is -0.126. The van der Waals surface area contributed by atoms with E-state index in [1.165, 1.54) is 5.56 Å². The van der Waals surface area contributed by atoms with E-state index in [0.29, 0.717) is 17.4 Å². The lowest BCUT2D eigenvalue weighted by Crippen LogP contribution is -2.40. The van der Waals surface area contributed by atoms with Gasteiger partial charge in [-0.2, -0.15) is 0 Å². The molecule has 1 saturated heterocycles. The second-order valence-electron chi connectivity index (χ2n) is 10.3. The Hall–Kier alpha value is -4.62. The number of hydrogen-bond donors (Lipinski definition) is 2. The predicted molar refractivity (Wildman–Crippen MR) is 157 cm³/mol. The lowest BCUT2D eigenvalue weighted by atomic mass is 9.95. The molecule has 0 spiro atoms. The molecule has 4 heterocycles. The van der Waals surface area contributed by atoms with Gasteiger partial charge in [-0.15, -0.1) is 0 Å². The smallest absolute Gasteiger partial charge is 0.257 e. The molecule has 0 radical (unpaired) electrons. The van der Waals surface area contributed by atoms with Crippen molar-refractivity contribution < 1.29 is 4.79 Å². The number of rotatable bonds is 7. The number of amides is 1. The zero-order valence-electron chi connectivity index (χ0n) is 22.2. The van der Waals surface area contributed by atoms with Crippen molar-refractivity contribution >= 4 is 16.8 Å². The van der Waals surface area contributed by atoms with Crippen LogP contribution in [0.25, 0.3) is 33.3 Å². The highest BCUT2D eigenvalue weighted by Crippen LogP contribution is 2.33. The largest absolute Gasteiger partial charge is 0.350 e. The van der Waals surface area contributed by atoms with Crippen LogP contribution in [0.1, 0.15) is 24.1 Å². The van der Waals surface area contributed by atoms with Crippen molar-refractivity contribution in [2.24, 2.45) is 5.92 Å². The molecule has 0 atom stereocenters. The summed E-state index contributed by atoms with van der Waals surface area (Å²) in [6, 6.07) is 28.1. The van der Waals surface area contributed by atoms with Crippen LogP contribution in [0, 0.1) is 5.92 Å². The van der Waals surface area contributed by atoms with Gasteiger partial charge in [0.2, 0.25) is 5.91 Å². The van der Waals surface area contributed by atoms with Crippen LogP contribution in [0.3, 0.4) is 0 Å². The van der Waals surface area contributed by atoms with Gasteiger partial charge in [-0.3, -0.25) is 19.5 Å². The number of H-pyrrole nitrogens is 1. The third-order valence-corrected chi connectivity index (χ3v) is 7.60. The number of piperidine rings is 1. The fourth-order valence-corrected chi connectivity index (χ4v) is 5.37. The Kier molecular flexibility index (Phi) is 7.46. The second kappa shape index (κ2) is 11.6. The first-order valence-corrected chi connectivity index (χ1v) is 13.7. The number of likely N-dealkylation sites (tertiary alicyclic amines) is 1. The molecule has 1 aliphatic heterocycles. The number of benzene rings is 2. The Morgan fingerprint density at radius 1 is 0.925 bits per heavy atom. The summed E-state index contributed by atoms with van der Waals surface area (Å²) < 4.78 is 0. The monoisotopic (exact) mass is 529 g/mol. The van der Waals surface area contributed by atoms with E-state index in [1.807, 2.05) is 60.7 Å². The Morgan fingerprint density at radius 2 is 1.70 bits per heavy atom. The van der Waals surface area contributed by atoms with Crippen molar-refractivity contribution in [1.82, 2.24) is 25.2 Å². The van der Waals surface area contributed by atoms with Crippen LogP contribution < -0.4 is 10.9 Å². The normalized spacial score (nSPS) is 14.3. The Labute approximate surface area is 232 Å². The van der Waals surface area contributed by atoms with E-state index in [1.54, 1.807) is 12.4 Å². The molecule has 0 bridgehead atoms. The van der Waals surface area contributed by atoms with Crippen molar-refractivity contribution in [1.29, 1.82) is 0 Å². The third-order valence-electron chi connectivity index (χ3n) is 7.60. The number of fused-ring (bicyclic) bond motifs is 1. The molecule has 40 heavy (non-hydrogen) atoms. The molecule has 3 aromatic heterocycles. The van der Waals surface area contributed by atoms with Gasteiger partial charge in [0.15, 0.2) is 0 Å². The Morgan fingerprint density at radius 3 is 2.45 bits per heavy atom. The summed E-state index contributed by atoms with van der Waals surface area (Å²) in [7, 11) is 0. The third kappa shape index (κ3) is 5.70. The number of nitrogens with zero attached hydrogens (tertiary/aromatic N) is 3. The maximum absolute atomic E-state index is 12.7. The first kappa shape index (κ1) is 25.6. The Balaban J connectivity index is 1.13. The summed E-state index contributed by atoms with van der Waals surface area (Å²) in [6.45, 7) is 3.10. The highest BCUT2D eigenvalue weighted by Gasteiger charge is 2.25. The summed E-state index contributed by atoms with van der Waals surface area (Å²) >= 11 is 0. The fourth-order valence-electron chi connectivity index (χ4n) is 5.37. The molecule has 7 nitrogen and oxygen atoms in total. The topological polar surface area (TPSA) is 91.0 Å². The number of pyridine rings is 3. The number of carbonyl (C=O) groups is 1. The highest BCUT2D eigenvalue weighted by atomic mass is 16.2. The van der Waals surface area contributed by atoms with Gasteiger partial charge in [-0.05, 0) is 61.3 Å². The molecule has 0 saturated carbocycles. The molecular weight excluding hydrogens is 498 g/mol. The van der Waals surface area contributed by atoms with Crippen molar-refractivity contribution in [3.05, 3.63) is 119 Å². The zero-order chi connectivity index (χ0) is 27.3. The maximum atomic E-state index is 12.7. The fraction of sp³-hybridized carbons (Fsp3) is 0.212. The van der Waals surface area contributed by atoms with E-state index >= 15 is 0 Å². The summed E-state index contributed by atoms with van der Waals surface area (Å²) in [6.07, 6.45) is 5.09. The average Bonchev–Trinajstić information content (AvgIpc) is 3.01. The van der Waals surface area contributed by atoms with Crippen LogP contribution in [0.15, 0.2) is 102 Å². The first-order valence-electron chi connectivity index (χ1n) is 13.7. The summed E-state index contributed by atoms with van der Waals surface area (Å²) in [5, 5.41) is 3.62. The minimum atomic E-state index is -0.140. The van der Waals surface area contributed by atoms with Crippen molar-refractivity contribution in [3.8, 4) is 22.4 Å². The van der Waals surface area contributed by atoms with E-state index in [4.69, 9.17) is 4.98 Å². The van der Waals surface area contributed by atoms with Crippen LogP contribution in [0.5, 0.6) is 0 Å². The number of hydrogen-bond acceptors (Lipinski definition) is 5. The van der Waals surface area contributed by atoms with Gasteiger partial charge in [0, 0.05) is 36.0 Å². The van der Waals surface area contributed by atoms with Gasteiger partial charge in [-0.1, -0.05) is 60.7 Å². The van der Waals surface area contributed by atoms with Crippen LogP contribution in [0.4, 0.5) is 0 Å². The van der Waals surface area contributed by atoms with Crippen LogP contribution in [-0.2, 0) is 17.9 Å². The maximum Gasteiger partial charge on any atom is 0.257 e. The van der Waals surface area contributed by atoms with Crippen LogP contribution >= 0.6 is 0 Å². The standard InChI is InChI=1S/C33H31N5O2/c39-32(36-21-27-8-4-5-16-34-27)26-14-18-38(19-15-26)22-23-9-11-25(12-10-23)31-28(24-6-2-1-3-7-24)20-29-30(37-31)13-17-35-33(29)40/h1-13,16-17,20,26H,14-15,18-19,21-22H2,(H,35,40)(H,36,39). The molecule has 0 aliphatic carbocycles. The van der Waals surface area contributed by atoms with Crippen LogP contribution in [0.2, 0.25) is 0 Å². The zero-order valence-corrected chi connectivity index (χ0v) is 22.2.